The average molecular weight is 366 g/mol. The fraction of sp³-hybridized carbons (Fsp3) is 0.625. The first-order valence-corrected chi connectivity index (χ1v) is 9.14. The molecule has 1 aromatic heterocycles. The molecular formula is C16H22N4O4S. The smallest absolute Gasteiger partial charge is 0.330 e. The molecule has 2 atom stereocenters. The molecule has 8 nitrogen and oxygen atoms in total. The quantitative estimate of drug-likeness (QED) is 0.798. The molecule has 2 aliphatic heterocycles. The van der Waals surface area contributed by atoms with Gasteiger partial charge in [-0.05, 0) is 27.2 Å². The van der Waals surface area contributed by atoms with E-state index < -0.39 is 17.9 Å². The predicted octanol–water partition coefficient (Wildman–Crippen LogP) is 0.973. The third-order valence-corrected chi connectivity index (χ3v) is 6.34. The number of esters is 1. The first kappa shape index (κ1) is 17.8. The Morgan fingerprint density at radius 1 is 1.44 bits per heavy atom. The van der Waals surface area contributed by atoms with E-state index in [4.69, 9.17) is 4.74 Å². The van der Waals surface area contributed by atoms with Gasteiger partial charge < -0.3 is 15.0 Å². The van der Waals surface area contributed by atoms with Crippen LogP contribution in [0.5, 0.6) is 0 Å². The van der Waals surface area contributed by atoms with Crippen molar-refractivity contribution in [3.05, 3.63) is 11.4 Å². The summed E-state index contributed by atoms with van der Waals surface area (Å²) >= 11 is 1.59. The summed E-state index contributed by atoms with van der Waals surface area (Å²) in [5.41, 5.74) is 2.15. The number of thioether (sulfide) groups is 1. The maximum atomic E-state index is 12.3. The SMILES string of the molecule is Cc1nn(C)c(C)c1NC(=O)COC(=O)[C@@H]1CS[C@]2(C)CCC(=O)N12. The summed E-state index contributed by atoms with van der Waals surface area (Å²) in [7, 11) is 1.79. The first-order valence-electron chi connectivity index (χ1n) is 8.16. The van der Waals surface area contributed by atoms with Crippen molar-refractivity contribution in [1.82, 2.24) is 14.7 Å². The largest absolute Gasteiger partial charge is 0.454 e. The molecule has 136 valence electrons. The molecule has 1 N–H and O–H groups in total. The number of carbonyl (C=O) groups excluding carboxylic acids is 3. The minimum Gasteiger partial charge on any atom is -0.454 e. The van der Waals surface area contributed by atoms with E-state index in [0.717, 1.165) is 12.1 Å². The molecular weight excluding hydrogens is 344 g/mol. The maximum Gasteiger partial charge on any atom is 0.330 e. The van der Waals surface area contributed by atoms with Crippen LogP contribution in [0.1, 0.15) is 31.2 Å². The van der Waals surface area contributed by atoms with E-state index in [2.05, 4.69) is 10.4 Å². The monoisotopic (exact) mass is 366 g/mol. The molecule has 3 heterocycles. The molecule has 9 heteroatoms. The molecule has 0 spiro atoms. The summed E-state index contributed by atoms with van der Waals surface area (Å²) in [6.45, 7) is 5.23. The first-order chi connectivity index (χ1) is 11.7. The van der Waals surface area contributed by atoms with Gasteiger partial charge in [-0.15, -0.1) is 11.8 Å². The molecule has 25 heavy (non-hydrogen) atoms. The molecule has 0 bridgehead atoms. The fourth-order valence-electron chi connectivity index (χ4n) is 3.36. The van der Waals surface area contributed by atoms with Crippen molar-refractivity contribution in [2.45, 2.75) is 44.5 Å². The van der Waals surface area contributed by atoms with Gasteiger partial charge in [-0.3, -0.25) is 14.3 Å². The second-order valence-corrected chi connectivity index (χ2v) is 8.09. The van der Waals surface area contributed by atoms with Crippen molar-refractivity contribution in [1.29, 1.82) is 0 Å². The van der Waals surface area contributed by atoms with Crippen molar-refractivity contribution < 1.29 is 19.1 Å². The Labute approximate surface area is 150 Å². The Morgan fingerprint density at radius 3 is 2.80 bits per heavy atom. The Morgan fingerprint density at radius 2 is 2.16 bits per heavy atom. The number of amides is 2. The maximum absolute atomic E-state index is 12.3. The van der Waals surface area contributed by atoms with Crippen LogP contribution in [0.4, 0.5) is 5.69 Å². The van der Waals surface area contributed by atoms with Crippen LogP contribution in [0.2, 0.25) is 0 Å². The zero-order chi connectivity index (χ0) is 18.4. The Balaban J connectivity index is 1.57. The normalized spacial score (nSPS) is 25.2. The minimum atomic E-state index is -0.611. The zero-order valence-electron chi connectivity index (χ0n) is 14.8. The minimum absolute atomic E-state index is 0.0273. The van der Waals surface area contributed by atoms with Crippen LogP contribution in [-0.4, -0.2) is 55.7 Å². The molecule has 2 saturated heterocycles. The van der Waals surface area contributed by atoms with E-state index in [1.165, 1.54) is 0 Å². The summed E-state index contributed by atoms with van der Waals surface area (Å²) in [5, 5.41) is 6.94. The number of fused-ring (bicyclic) bond motifs is 1. The third-order valence-electron chi connectivity index (χ3n) is 4.84. The number of carbonyl (C=O) groups is 3. The van der Waals surface area contributed by atoms with E-state index in [-0.39, 0.29) is 17.4 Å². The number of aromatic nitrogens is 2. The highest BCUT2D eigenvalue weighted by molar-refractivity contribution is 8.01. The predicted molar refractivity (Wildman–Crippen MR) is 93.0 cm³/mol. The molecule has 1 aromatic rings. The van der Waals surface area contributed by atoms with Gasteiger partial charge in [0.2, 0.25) is 5.91 Å². The lowest BCUT2D eigenvalue weighted by Gasteiger charge is -2.29. The van der Waals surface area contributed by atoms with Crippen LogP contribution >= 0.6 is 11.8 Å². The number of anilines is 1. The van der Waals surface area contributed by atoms with E-state index >= 15 is 0 Å². The van der Waals surface area contributed by atoms with E-state index in [0.29, 0.717) is 23.6 Å². The van der Waals surface area contributed by atoms with Gasteiger partial charge in [0.15, 0.2) is 6.61 Å². The number of hydrogen-bond donors (Lipinski definition) is 1. The number of rotatable bonds is 4. The average Bonchev–Trinajstić information content (AvgIpc) is 3.13. The summed E-state index contributed by atoms with van der Waals surface area (Å²) in [4.78, 5) is 37.8. The van der Waals surface area contributed by atoms with Gasteiger partial charge in [-0.25, -0.2) is 4.79 Å². The van der Waals surface area contributed by atoms with Gasteiger partial charge in [0, 0.05) is 19.2 Å². The van der Waals surface area contributed by atoms with Crippen LogP contribution in [0.15, 0.2) is 0 Å². The number of nitrogens with zero attached hydrogens (tertiary/aromatic N) is 3. The second-order valence-electron chi connectivity index (χ2n) is 6.59. The van der Waals surface area contributed by atoms with Gasteiger partial charge in [0.05, 0.1) is 21.9 Å². The number of hydrogen-bond acceptors (Lipinski definition) is 6. The van der Waals surface area contributed by atoms with Gasteiger partial charge in [0.25, 0.3) is 5.91 Å². The summed E-state index contributed by atoms with van der Waals surface area (Å²) in [6, 6.07) is -0.611. The number of aryl methyl sites for hydroxylation is 2. The zero-order valence-corrected chi connectivity index (χ0v) is 15.6. The highest BCUT2D eigenvalue weighted by atomic mass is 32.2. The molecule has 3 rings (SSSR count). The number of ether oxygens (including phenoxy) is 1. The highest BCUT2D eigenvalue weighted by Gasteiger charge is 2.53. The molecule has 2 aliphatic rings. The lowest BCUT2D eigenvalue weighted by molar-refractivity contribution is -0.155. The lowest BCUT2D eigenvalue weighted by atomic mass is 10.2. The van der Waals surface area contributed by atoms with E-state index in [9.17, 15) is 14.4 Å². The highest BCUT2D eigenvalue weighted by Crippen LogP contribution is 2.47. The molecule has 0 saturated carbocycles. The molecule has 0 aromatic carbocycles. The fourth-order valence-corrected chi connectivity index (χ4v) is 4.77. The van der Waals surface area contributed by atoms with Crippen molar-refractivity contribution in [2.75, 3.05) is 17.7 Å². The standard InChI is InChI=1S/C16H22N4O4S/c1-9-14(10(2)19(4)18-9)17-12(21)7-24-15(23)11-8-25-16(3)6-5-13(22)20(11)16/h11H,5-8H2,1-4H3,(H,17,21)/t11-,16+/m0/s1. The Bertz CT molecular complexity index is 747. The molecule has 0 unspecified atom stereocenters. The summed E-state index contributed by atoms with van der Waals surface area (Å²) in [6.07, 6.45) is 1.19. The second kappa shape index (κ2) is 6.36. The van der Waals surface area contributed by atoms with E-state index in [1.54, 1.807) is 35.3 Å². The van der Waals surface area contributed by atoms with Crippen molar-refractivity contribution in [2.24, 2.45) is 7.05 Å². The van der Waals surface area contributed by atoms with Crippen LogP contribution in [-0.2, 0) is 26.2 Å². The third kappa shape index (κ3) is 3.12. The van der Waals surface area contributed by atoms with Crippen LogP contribution in [0.3, 0.4) is 0 Å². The topological polar surface area (TPSA) is 93.5 Å². The van der Waals surface area contributed by atoms with Gasteiger partial charge in [0.1, 0.15) is 6.04 Å². The molecule has 0 aliphatic carbocycles. The van der Waals surface area contributed by atoms with Crippen molar-refractivity contribution in [3.63, 3.8) is 0 Å². The van der Waals surface area contributed by atoms with Gasteiger partial charge in [-0.1, -0.05) is 0 Å². The molecule has 0 radical (unpaired) electrons. The van der Waals surface area contributed by atoms with Gasteiger partial charge >= 0.3 is 5.97 Å². The van der Waals surface area contributed by atoms with E-state index in [1.807, 2.05) is 13.8 Å². The Hall–Kier alpha value is -2.03. The number of nitrogens with one attached hydrogen (secondary N) is 1. The van der Waals surface area contributed by atoms with Crippen LogP contribution in [0, 0.1) is 13.8 Å². The summed E-state index contributed by atoms with van der Waals surface area (Å²) in [5.74, 6) is -0.473. The van der Waals surface area contributed by atoms with Gasteiger partial charge in [-0.2, -0.15) is 5.10 Å². The molecule has 2 fully saturated rings. The van der Waals surface area contributed by atoms with Crippen LogP contribution in [0.25, 0.3) is 0 Å². The van der Waals surface area contributed by atoms with Crippen molar-refractivity contribution >= 4 is 35.2 Å². The lowest BCUT2D eigenvalue weighted by Crippen LogP contribution is -2.47. The summed E-state index contributed by atoms with van der Waals surface area (Å²) < 4.78 is 6.84. The Kier molecular flexibility index (Phi) is 4.52. The molecule has 2 amide bonds. The van der Waals surface area contributed by atoms with Crippen LogP contribution < -0.4 is 5.32 Å². The van der Waals surface area contributed by atoms with Crippen molar-refractivity contribution in [3.8, 4) is 0 Å².